The van der Waals surface area contributed by atoms with Gasteiger partial charge in [-0.1, -0.05) is 49.4 Å². The molecule has 1 N–H and O–H groups in total. The molecule has 0 aliphatic heterocycles. The Balaban J connectivity index is 1.92. The van der Waals surface area contributed by atoms with Crippen LogP contribution in [0.15, 0.2) is 54.6 Å². The second kappa shape index (κ2) is 6.95. The number of hydrogen-bond acceptors (Lipinski definition) is 2. The van der Waals surface area contributed by atoms with Gasteiger partial charge >= 0.3 is 0 Å². The van der Waals surface area contributed by atoms with Gasteiger partial charge in [0.1, 0.15) is 12.4 Å². The van der Waals surface area contributed by atoms with Gasteiger partial charge in [0, 0.05) is 6.54 Å². The fourth-order valence-electron chi connectivity index (χ4n) is 2.05. The third-order valence-corrected chi connectivity index (χ3v) is 3.21. The summed E-state index contributed by atoms with van der Waals surface area (Å²) in [7, 11) is 1.98. The summed E-state index contributed by atoms with van der Waals surface area (Å²) in [5.41, 5.74) is 2.56. The van der Waals surface area contributed by atoms with Gasteiger partial charge in [0.15, 0.2) is 0 Å². The fourth-order valence-corrected chi connectivity index (χ4v) is 2.05. The van der Waals surface area contributed by atoms with Crippen molar-refractivity contribution in [3.8, 4) is 5.75 Å². The fraction of sp³-hybridized carbons (Fsp3) is 0.294. The summed E-state index contributed by atoms with van der Waals surface area (Å²) in [6.07, 6.45) is 0. The molecule has 0 bridgehead atoms. The summed E-state index contributed by atoms with van der Waals surface area (Å²) in [6.45, 7) is 3.84. The topological polar surface area (TPSA) is 21.3 Å². The molecule has 0 amide bonds. The van der Waals surface area contributed by atoms with E-state index in [9.17, 15) is 0 Å². The maximum atomic E-state index is 5.73. The van der Waals surface area contributed by atoms with Crippen LogP contribution in [0, 0.1) is 0 Å². The van der Waals surface area contributed by atoms with Gasteiger partial charge in [-0.3, -0.25) is 0 Å². The van der Waals surface area contributed by atoms with Gasteiger partial charge in [0.25, 0.3) is 0 Å². The van der Waals surface area contributed by atoms with E-state index in [2.05, 4.69) is 36.5 Å². The summed E-state index contributed by atoms with van der Waals surface area (Å²) in [5.74, 6) is 1.45. The lowest BCUT2D eigenvalue weighted by atomic mass is 10.00. The van der Waals surface area contributed by atoms with Crippen molar-refractivity contribution < 1.29 is 4.74 Å². The predicted octanol–water partition coefficient (Wildman–Crippen LogP) is 3.59. The van der Waals surface area contributed by atoms with Gasteiger partial charge in [-0.05, 0) is 36.2 Å². The van der Waals surface area contributed by atoms with Crippen LogP contribution in [-0.4, -0.2) is 13.6 Å². The minimum absolute atomic E-state index is 0.536. The van der Waals surface area contributed by atoms with Crippen molar-refractivity contribution in [2.45, 2.75) is 19.4 Å². The highest BCUT2D eigenvalue weighted by Gasteiger charge is 2.04. The van der Waals surface area contributed by atoms with Gasteiger partial charge in [0.2, 0.25) is 0 Å². The largest absolute Gasteiger partial charge is 0.489 e. The Morgan fingerprint density at radius 1 is 1.00 bits per heavy atom. The standard InChI is InChI=1S/C17H21NO/c1-14(12-18-2)16-10-8-15(9-11-16)13-19-17-6-4-3-5-7-17/h3-11,14,18H,12-13H2,1-2H3. The third-order valence-electron chi connectivity index (χ3n) is 3.21. The van der Waals surface area contributed by atoms with E-state index in [0.29, 0.717) is 12.5 Å². The van der Waals surface area contributed by atoms with E-state index in [1.165, 1.54) is 11.1 Å². The van der Waals surface area contributed by atoms with E-state index >= 15 is 0 Å². The van der Waals surface area contributed by atoms with Crippen molar-refractivity contribution in [3.05, 3.63) is 65.7 Å². The van der Waals surface area contributed by atoms with Crippen LogP contribution in [0.5, 0.6) is 5.75 Å². The lowest BCUT2D eigenvalue weighted by Gasteiger charge is -2.12. The van der Waals surface area contributed by atoms with Gasteiger partial charge in [-0.25, -0.2) is 0 Å². The summed E-state index contributed by atoms with van der Waals surface area (Å²) < 4.78 is 5.73. The maximum Gasteiger partial charge on any atom is 0.119 e. The highest BCUT2D eigenvalue weighted by molar-refractivity contribution is 5.26. The SMILES string of the molecule is CNCC(C)c1ccc(COc2ccccc2)cc1. The van der Waals surface area contributed by atoms with Crippen molar-refractivity contribution >= 4 is 0 Å². The van der Waals surface area contributed by atoms with Crippen LogP contribution in [0.2, 0.25) is 0 Å². The molecule has 2 heteroatoms. The lowest BCUT2D eigenvalue weighted by Crippen LogP contribution is -2.14. The Labute approximate surface area is 115 Å². The first-order valence-electron chi connectivity index (χ1n) is 6.71. The lowest BCUT2D eigenvalue weighted by molar-refractivity contribution is 0.306. The summed E-state index contributed by atoms with van der Waals surface area (Å²) in [4.78, 5) is 0. The first kappa shape index (κ1) is 13.6. The molecule has 0 saturated carbocycles. The van der Waals surface area contributed by atoms with E-state index in [1.54, 1.807) is 0 Å². The number of nitrogens with one attached hydrogen (secondary N) is 1. The Morgan fingerprint density at radius 3 is 2.32 bits per heavy atom. The Morgan fingerprint density at radius 2 is 1.68 bits per heavy atom. The third kappa shape index (κ3) is 4.11. The van der Waals surface area contributed by atoms with Crippen molar-refractivity contribution in [2.75, 3.05) is 13.6 Å². The highest BCUT2D eigenvalue weighted by atomic mass is 16.5. The maximum absolute atomic E-state index is 5.73. The second-order valence-corrected chi connectivity index (χ2v) is 4.80. The average Bonchev–Trinajstić information content (AvgIpc) is 2.47. The predicted molar refractivity (Wildman–Crippen MR) is 79.6 cm³/mol. The molecule has 0 aliphatic rings. The molecule has 2 aromatic rings. The van der Waals surface area contributed by atoms with Gasteiger partial charge < -0.3 is 10.1 Å². The molecule has 0 spiro atoms. The molecule has 2 nitrogen and oxygen atoms in total. The number of benzene rings is 2. The number of rotatable bonds is 6. The molecule has 2 aromatic carbocycles. The molecule has 100 valence electrons. The van der Waals surface area contributed by atoms with E-state index in [0.717, 1.165) is 12.3 Å². The Bertz CT molecular complexity index is 478. The molecule has 0 radical (unpaired) electrons. The number of ether oxygens (including phenoxy) is 1. The first-order valence-corrected chi connectivity index (χ1v) is 6.71. The average molecular weight is 255 g/mol. The molecule has 19 heavy (non-hydrogen) atoms. The molecular formula is C17H21NO. The van der Waals surface area contributed by atoms with E-state index in [4.69, 9.17) is 4.74 Å². The molecule has 2 rings (SSSR count). The first-order chi connectivity index (χ1) is 9.29. The summed E-state index contributed by atoms with van der Waals surface area (Å²) in [5, 5.41) is 3.20. The Kier molecular flexibility index (Phi) is 4.99. The van der Waals surface area contributed by atoms with E-state index in [1.807, 2.05) is 37.4 Å². The zero-order valence-electron chi connectivity index (χ0n) is 11.6. The van der Waals surface area contributed by atoms with Crippen molar-refractivity contribution in [1.29, 1.82) is 0 Å². The minimum atomic E-state index is 0.536. The molecule has 0 aliphatic carbocycles. The normalized spacial score (nSPS) is 12.1. The van der Waals surface area contributed by atoms with Gasteiger partial charge in [-0.2, -0.15) is 0 Å². The van der Waals surface area contributed by atoms with E-state index < -0.39 is 0 Å². The van der Waals surface area contributed by atoms with Crippen LogP contribution in [0.4, 0.5) is 0 Å². The van der Waals surface area contributed by atoms with Crippen LogP contribution in [0.1, 0.15) is 24.0 Å². The smallest absolute Gasteiger partial charge is 0.119 e. The van der Waals surface area contributed by atoms with Crippen molar-refractivity contribution in [1.82, 2.24) is 5.32 Å². The minimum Gasteiger partial charge on any atom is -0.489 e. The summed E-state index contributed by atoms with van der Waals surface area (Å²) in [6, 6.07) is 18.6. The molecule has 0 saturated heterocycles. The molecule has 1 unspecified atom stereocenters. The molecular weight excluding hydrogens is 234 g/mol. The van der Waals surface area contributed by atoms with Gasteiger partial charge in [0.05, 0.1) is 0 Å². The van der Waals surface area contributed by atoms with Crippen molar-refractivity contribution in [3.63, 3.8) is 0 Å². The number of likely N-dealkylation sites (N-methyl/N-ethyl adjacent to an activating group) is 1. The molecule has 1 atom stereocenters. The number of hydrogen-bond donors (Lipinski definition) is 1. The quantitative estimate of drug-likeness (QED) is 0.851. The van der Waals surface area contributed by atoms with Crippen LogP contribution >= 0.6 is 0 Å². The zero-order chi connectivity index (χ0) is 13.5. The van der Waals surface area contributed by atoms with Crippen LogP contribution < -0.4 is 10.1 Å². The summed E-state index contributed by atoms with van der Waals surface area (Å²) >= 11 is 0. The zero-order valence-corrected chi connectivity index (χ0v) is 11.6. The molecule has 0 heterocycles. The van der Waals surface area contributed by atoms with Crippen LogP contribution in [0.25, 0.3) is 0 Å². The van der Waals surface area contributed by atoms with Crippen molar-refractivity contribution in [2.24, 2.45) is 0 Å². The highest BCUT2D eigenvalue weighted by Crippen LogP contribution is 2.16. The molecule has 0 aromatic heterocycles. The Hall–Kier alpha value is -1.80. The van der Waals surface area contributed by atoms with Crippen LogP contribution in [0.3, 0.4) is 0 Å². The monoisotopic (exact) mass is 255 g/mol. The number of para-hydroxylation sites is 1. The van der Waals surface area contributed by atoms with E-state index in [-0.39, 0.29) is 0 Å². The van der Waals surface area contributed by atoms with Gasteiger partial charge in [-0.15, -0.1) is 0 Å². The van der Waals surface area contributed by atoms with Crippen LogP contribution in [-0.2, 0) is 6.61 Å². The second-order valence-electron chi connectivity index (χ2n) is 4.80. The molecule has 0 fully saturated rings.